The van der Waals surface area contributed by atoms with E-state index >= 15 is 0 Å². The van der Waals surface area contributed by atoms with Crippen LogP contribution in [0.3, 0.4) is 0 Å². The lowest BCUT2D eigenvalue weighted by Crippen LogP contribution is -2.24. The maximum absolute atomic E-state index is 13.4. The average molecular weight is 475 g/mol. The molecule has 0 atom stereocenters. The highest BCUT2D eigenvalue weighted by atomic mass is 19.4. The molecule has 3 heterocycles. The molecule has 6 rings (SSSR count). The van der Waals surface area contributed by atoms with Crippen molar-refractivity contribution in [1.29, 1.82) is 0 Å². The molecule has 35 heavy (non-hydrogen) atoms. The molecule has 0 unspecified atom stereocenters. The molecule has 2 aromatic carbocycles. The first-order valence-corrected chi connectivity index (χ1v) is 11.1. The molecule has 0 bridgehead atoms. The van der Waals surface area contributed by atoms with Crippen LogP contribution >= 0.6 is 0 Å². The van der Waals surface area contributed by atoms with E-state index in [1.165, 1.54) is 6.20 Å². The van der Waals surface area contributed by atoms with Gasteiger partial charge in [-0.25, -0.2) is 4.98 Å². The Hall–Kier alpha value is -4.14. The van der Waals surface area contributed by atoms with E-state index < -0.39 is 17.6 Å². The number of pyridine rings is 2. The Morgan fingerprint density at radius 3 is 2.60 bits per heavy atom. The summed E-state index contributed by atoms with van der Waals surface area (Å²) in [6.45, 7) is 0.578. The monoisotopic (exact) mass is 475 g/mol. The van der Waals surface area contributed by atoms with Crippen LogP contribution in [0.1, 0.15) is 27.9 Å². The minimum absolute atomic E-state index is 0.167. The minimum atomic E-state index is -4.60. The number of benzene rings is 2. The Labute approximate surface area is 198 Å². The highest BCUT2D eigenvalue weighted by Gasteiger charge is 2.34. The predicted molar refractivity (Wildman–Crippen MR) is 129 cm³/mol. The van der Waals surface area contributed by atoms with E-state index in [0.717, 1.165) is 51.6 Å². The number of Topliss-reactive ketones (excluding diaryl/α,β-unsaturated/α-hetero) is 1. The molecular formula is C26H20F3N5O. The number of hydrogen-bond acceptors (Lipinski definition) is 6. The van der Waals surface area contributed by atoms with Gasteiger partial charge in [-0.3, -0.25) is 9.78 Å². The second-order valence-electron chi connectivity index (χ2n) is 8.91. The SMILES string of the molecule is CN1CN(c2ccc3c(c2)CCC3=O)c2c1cnc1ccc(-c3cnc(N)c(C(F)(F)F)c3)cc21. The van der Waals surface area contributed by atoms with Gasteiger partial charge in [0.2, 0.25) is 0 Å². The number of hydrogen-bond donors (Lipinski definition) is 1. The number of fused-ring (bicyclic) bond motifs is 4. The van der Waals surface area contributed by atoms with Gasteiger partial charge in [0.25, 0.3) is 0 Å². The van der Waals surface area contributed by atoms with Crippen LogP contribution in [0.15, 0.2) is 54.9 Å². The van der Waals surface area contributed by atoms with Crippen molar-refractivity contribution < 1.29 is 18.0 Å². The highest BCUT2D eigenvalue weighted by Crippen LogP contribution is 2.45. The van der Waals surface area contributed by atoms with Crippen LogP contribution < -0.4 is 15.5 Å². The van der Waals surface area contributed by atoms with E-state index in [1.54, 1.807) is 18.3 Å². The third-order valence-corrected chi connectivity index (χ3v) is 6.73. The van der Waals surface area contributed by atoms with E-state index in [0.29, 0.717) is 24.2 Å². The number of nitrogens with zero attached hydrogens (tertiary/aromatic N) is 4. The first kappa shape index (κ1) is 21.4. The lowest BCUT2D eigenvalue weighted by atomic mass is 10.0. The van der Waals surface area contributed by atoms with Crippen LogP contribution in [0.4, 0.5) is 36.1 Å². The molecule has 2 aliphatic rings. The van der Waals surface area contributed by atoms with E-state index in [4.69, 9.17) is 5.73 Å². The standard InChI is InChI=1S/C26H20F3N5O/c1-33-13-34(17-4-5-18-15(8-17)3-7-23(18)35)24-19-9-14(2-6-21(19)31-12-22(24)33)16-10-20(26(27,28)29)25(30)32-11-16/h2,4-6,8-12H,3,7,13H2,1H3,(H2,30,32). The zero-order valence-electron chi connectivity index (χ0n) is 18.7. The summed E-state index contributed by atoms with van der Waals surface area (Å²) >= 11 is 0. The van der Waals surface area contributed by atoms with E-state index in [1.807, 2.05) is 25.2 Å². The van der Waals surface area contributed by atoms with Crippen LogP contribution in [0.25, 0.3) is 22.0 Å². The van der Waals surface area contributed by atoms with Crippen LogP contribution in [0.5, 0.6) is 0 Å². The van der Waals surface area contributed by atoms with E-state index in [2.05, 4.69) is 25.8 Å². The number of ketones is 1. The van der Waals surface area contributed by atoms with Crippen molar-refractivity contribution in [2.24, 2.45) is 0 Å². The lowest BCUT2D eigenvalue weighted by Gasteiger charge is -2.21. The largest absolute Gasteiger partial charge is 0.419 e. The Bertz CT molecular complexity index is 1530. The Morgan fingerprint density at radius 1 is 0.971 bits per heavy atom. The first-order valence-electron chi connectivity index (χ1n) is 11.1. The van der Waals surface area contributed by atoms with Crippen molar-refractivity contribution in [2.75, 3.05) is 29.2 Å². The third-order valence-electron chi connectivity index (χ3n) is 6.73. The second-order valence-corrected chi connectivity index (χ2v) is 8.91. The van der Waals surface area contributed by atoms with Gasteiger partial charge < -0.3 is 15.5 Å². The number of carbonyl (C=O) groups is 1. The normalized spacial score (nSPS) is 15.1. The summed E-state index contributed by atoms with van der Waals surface area (Å²) in [6, 6.07) is 12.3. The van der Waals surface area contributed by atoms with Crippen molar-refractivity contribution in [2.45, 2.75) is 19.0 Å². The Morgan fingerprint density at radius 2 is 1.80 bits per heavy atom. The van der Waals surface area contributed by atoms with Crippen molar-refractivity contribution in [3.63, 3.8) is 0 Å². The molecule has 4 aromatic rings. The number of nitrogens with two attached hydrogens (primary N) is 1. The average Bonchev–Trinajstić information content (AvgIpc) is 3.38. The summed E-state index contributed by atoms with van der Waals surface area (Å²) in [5.74, 6) is -0.382. The van der Waals surface area contributed by atoms with Crippen LogP contribution in [0.2, 0.25) is 0 Å². The number of aromatic nitrogens is 2. The molecule has 0 radical (unpaired) electrons. The molecule has 1 aliphatic carbocycles. The fourth-order valence-corrected chi connectivity index (χ4v) is 4.95. The van der Waals surface area contributed by atoms with Crippen molar-refractivity contribution in [3.8, 4) is 11.1 Å². The van der Waals surface area contributed by atoms with Gasteiger partial charge in [-0.15, -0.1) is 0 Å². The number of aryl methyl sites for hydroxylation is 1. The molecule has 0 spiro atoms. The zero-order valence-corrected chi connectivity index (χ0v) is 18.7. The molecule has 0 saturated carbocycles. The second kappa shape index (κ2) is 7.43. The smallest absolute Gasteiger partial charge is 0.383 e. The molecule has 0 fully saturated rings. The molecule has 2 N–H and O–H groups in total. The topological polar surface area (TPSA) is 75.3 Å². The van der Waals surface area contributed by atoms with Gasteiger partial charge >= 0.3 is 6.18 Å². The van der Waals surface area contributed by atoms with Gasteiger partial charge in [0, 0.05) is 41.9 Å². The predicted octanol–water partition coefficient (Wildman–Crippen LogP) is 5.57. The van der Waals surface area contributed by atoms with Crippen LogP contribution in [-0.4, -0.2) is 29.5 Å². The molecule has 0 amide bonds. The van der Waals surface area contributed by atoms with Crippen molar-refractivity contribution >= 4 is 39.6 Å². The number of halogens is 3. The molecule has 6 nitrogen and oxygen atoms in total. The maximum atomic E-state index is 13.4. The van der Waals surface area contributed by atoms with Gasteiger partial charge in [-0.05, 0) is 53.9 Å². The number of nitrogen functional groups attached to an aromatic ring is 1. The highest BCUT2D eigenvalue weighted by molar-refractivity contribution is 6.05. The number of anilines is 4. The summed E-state index contributed by atoms with van der Waals surface area (Å²) in [6.07, 6.45) is -0.182. The maximum Gasteiger partial charge on any atom is 0.419 e. The van der Waals surface area contributed by atoms with Crippen molar-refractivity contribution in [3.05, 3.63) is 71.5 Å². The quantitative estimate of drug-likeness (QED) is 0.408. The molecule has 2 aromatic heterocycles. The Balaban J connectivity index is 1.50. The van der Waals surface area contributed by atoms with Gasteiger partial charge in [-0.2, -0.15) is 13.2 Å². The lowest BCUT2D eigenvalue weighted by molar-refractivity contribution is -0.137. The summed E-state index contributed by atoms with van der Waals surface area (Å²) in [5, 5.41) is 0.811. The summed E-state index contributed by atoms with van der Waals surface area (Å²) < 4.78 is 40.2. The first-order chi connectivity index (χ1) is 16.7. The number of rotatable bonds is 2. The van der Waals surface area contributed by atoms with Gasteiger partial charge in [-0.1, -0.05) is 6.07 Å². The van der Waals surface area contributed by atoms with Crippen LogP contribution in [-0.2, 0) is 12.6 Å². The number of alkyl halides is 3. The fourth-order valence-electron chi connectivity index (χ4n) is 4.95. The molecule has 176 valence electrons. The summed E-state index contributed by atoms with van der Waals surface area (Å²) in [4.78, 5) is 24.7. The molecule has 1 aliphatic heterocycles. The van der Waals surface area contributed by atoms with Gasteiger partial charge in [0.1, 0.15) is 5.82 Å². The minimum Gasteiger partial charge on any atom is -0.383 e. The van der Waals surface area contributed by atoms with E-state index in [-0.39, 0.29) is 5.78 Å². The Kier molecular flexibility index (Phi) is 4.54. The molecular weight excluding hydrogens is 455 g/mol. The zero-order chi connectivity index (χ0) is 24.5. The van der Waals surface area contributed by atoms with E-state index in [9.17, 15) is 18.0 Å². The summed E-state index contributed by atoms with van der Waals surface area (Å²) in [7, 11) is 1.96. The third kappa shape index (κ3) is 3.38. The number of carbonyl (C=O) groups excluding carboxylic acids is 1. The van der Waals surface area contributed by atoms with Gasteiger partial charge in [0.05, 0.1) is 35.3 Å². The molecule has 0 saturated heterocycles. The molecule has 9 heteroatoms. The van der Waals surface area contributed by atoms with Crippen molar-refractivity contribution in [1.82, 2.24) is 9.97 Å². The van der Waals surface area contributed by atoms with Crippen LogP contribution in [0, 0.1) is 0 Å². The summed E-state index contributed by atoms with van der Waals surface area (Å²) in [5.41, 5.74) is 10.8. The fraction of sp³-hybridized carbons (Fsp3) is 0.192. The van der Waals surface area contributed by atoms with Gasteiger partial charge in [0.15, 0.2) is 5.78 Å².